The van der Waals surface area contributed by atoms with Gasteiger partial charge >= 0.3 is 0 Å². The van der Waals surface area contributed by atoms with Crippen LogP contribution in [0.2, 0.25) is 18.1 Å². The fourth-order valence-corrected chi connectivity index (χ4v) is 3.37. The topological polar surface area (TPSA) is 66.8 Å². The third kappa shape index (κ3) is 3.76. The average Bonchev–Trinajstić information content (AvgIpc) is 2.74. The van der Waals surface area contributed by atoms with Gasteiger partial charge in [-0.3, -0.25) is 14.5 Å². The van der Waals surface area contributed by atoms with E-state index >= 15 is 0 Å². The van der Waals surface area contributed by atoms with Gasteiger partial charge in [-0.1, -0.05) is 32.9 Å². The van der Waals surface area contributed by atoms with Gasteiger partial charge in [0.15, 0.2) is 8.32 Å². The van der Waals surface area contributed by atoms with Crippen molar-refractivity contribution in [3.8, 4) is 0 Å². The zero-order valence-corrected chi connectivity index (χ0v) is 16.1. The van der Waals surface area contributed by atoms with Gasteiger partial charge in [-0.05, 0) is 36.7 Å². The number of aliphatic hydroxyl groups excluding tert-OH is 1. The lowest BCUT2D eigenvalue weighted by atomic mass is 10.1. The number of rotatable bonds is 6. The molecule has 1 aliphatic heterocycles. The van der Waals surface area contributed by atoms with E-state index < -0.39 is 14.4 Å². The van der Waals surface area contributed by atoms with Crippen molar-refractivity contribution in [1.29, 1.82) is 0 Å². The van der Waals surface area contributed by atoms with Crippen LogP contribution in [0, 0.1) is 0 Å². The summed E-state index contributed by atoms with van der Waals surface area (Å²) in [5.74, 6) is -0.568. The summed E-state index contributed by atoms with van der Waals surface area (Å²) in [6.07, 6.45) is -0.372. The van der Waals surface area contributed by atoms with Gasteiger partial charge < -0.3 is 9.53 Å². The number of carbonyl (C=O) groups is 2. The maximum absolute atomic E-state index is 12.3. The van der Waals surface area contributed by atoms with Gasteiger partial charge in [-0.25, -0.2) is 0 Å². The van der Waals surface area contributed by atoms with Crippen LogP contribution in [0.15, 0.2) is 24.3 Å². The Kier molecular flexibility index (Phi) is 5.32. The van der Waals surface area contributed by atoms with E-state index in [1.165, 1.54) is 4.90 Å². The number of hydrogen-bond acceptors (Lipinski definition) is 4. The summed E-state index contributed by atoms with van der Waals surface area (Å²) in [5.41, 5.74) is 0.879. The number of aliphatic hydroxyl groups is 1. The quantitative estimate of drug-likeness (QED) is 0.633. The molecule has 1 heterocycles. The molecule has 0 spiro atoms. The molecule has 0 aliphatic carbocycles. The highest BCUT2D eigenvalue weighted by Gasteiger charge is 2.38. The van der Waals surface area contributed by atoms with Crippen LogP contribution >= 0.6 is 0 Å². The van der Waals surface area contributed by atoms with Crippen molar-refractivity contribution < 1.29 is 19.1 Å². The van der Waals surface area contributed by atoms with Crippen LogP contribution in [0.4, 0.5) is 0 Å². The van der Waals surface area contributed by atoms with Crippen molar-refractivity contribution in [3.05, 3.63) is 35.4 Å². The first-order valence-corrected chi connectivity index (χ1v) is 11.2. The molecule has 0 bridgehead atoms. The molecule has 5 nitrogen and oxygen atoms in total. The highest BCUT2D eigenvalue weighted by atomic mass is 28.4. The van der Waals surface area contributed by atoms with E-state index in [0.29, 0.717) is 17.5 Å². The van der Waals surface area contributed by atoms with E-state index in [-0.39, 0.29) is 30.0 Å². The molecule has 24 heavy (non-hydrogen) atoms. The molecule has 0 fully saturated rings. The molecule has 1 atom stereocenters. The van der Waals surface area contributed by atoms with Crippen molar-refractivity contribution in [3.63, 3.8) is 0 Å². The molecular formula is C18H27NO4Si. The second kappa shape index (κ2) is 6.78. The van der Waals surface area contributed by atoms with Gasteiger partial charge in [0.05, 0.1) is 23.8 Å². The SMILES string of the molecule is CC(C)(C)[Si](C)(C)OCC(O)CCN1C(=O)c2ccccc2C1=O. The van der Waals surface area contributed by atoms with Gasteiger partial charge in [0.25, 0.3) is 11.8 Å². The molecule has 6 heteroatoms. The molecule has 1 N–H and O–H groups in total. The van der Waals surface area contributed by atoms with Gasteiger partial charge in [-0.2, -0.15) is 0 Å². The maximum Gasteiger partial charge on any atom is 0.261 e. The van der Waals surface area contributed by atoms with Crippen LogP contribution in [0.5, 0.6) is 0 Å². The molecule has 1 aromatic rings. The molecule has 0 saturated carbocycles. The predicted octanol–water partition coefficient (Wildman–Crippen LogP) is 3.06. The fraction of sp³-hybridized carbons (Fsp3) is 0.556. The first-order valence-electron chi connectivity index (χ1n) is 8.32. The fourth-order valence-electron chi connectivity index (χ4n) is 2.32. The molecule has 1 unspecified atom stereocenters. The van der Waals surface area contributed by atoms with Crippen LogP contribution in [0.1, 0.15) is 47.9 Å². The minimum atomic E-state index is -1.91. The summed E-state index contributed by atoms with van der Waals surface area (Å²) in [7, 11) is -1.91. The van der Waals surface area contributed by atoms with E-state index in [9.17, 15) is 14.7 Å². The Morgan fingerprint density at radius 3 is 2.08 bits per heavy atom. The van der Waals surface area contributed by atoms with Crippen molar-refractivity contribution in [2.75, 3.05) is 13.2 Å². The lowest BCUT2D eigenvalue weighted by Crippen LogP contribution is -2.43. The average molecular weight is 350 g/mol. The molecule has 2 rings (SSSR count). The van der Waals surface area contributed by atoms with Crippen molar-refractivity contribution in [2.24, 2.45) is 0 Å². The van der Waals surface area contributed by atoms with Crippen molar-refractivity contribution in [2.45, 2.75) is 51.4 Å². The third-order valence-corrected chi connectivity index (χ3v) is 9.51. The first-order chi connectivity index (χ1) is 11.0. The van der Waals surface area contributed by atoms with Gasteiger partial charge in [-0.15, -0.1) is 0 Å². The number of imide groups is 1. The van der Waals surface area contributed by atoms with Crippen molar-refractivity contribution >= 4 is 20.1 Å². The Balaban J connectivity index is 1.88. The smallest absolute Gasteiger partial charge is 0.261 e. The normalized spacial score (nSPS) is 16.5. The summed E-state index contributed by atoms with van der Waals surface area (Å²) in [5, 5.41) is 10.3. The molecule has 132 valence electrons. The lowest BCUT2D eigenvalue weighted by Gasteiger charge is -2.36. The minimum Gasteiger partial charge on any atom is -0.414 e. The maximum atomic E-state index is 12.3. The monoisotopic (exact) mass is 349 g/mol. The zero-order chi connectivity index (χ0) is 18.1. The zero-order valence-electron chi connectivity index (χ0n) is 15.1. The second-order valence-electron chi connectivity index (χ2n) is 7.82. The Labute approximate surface area is 144 Å². The molecule has 1 aliphatic rings. The number of benzene rings is 1. The second-order valence-corrected chi connectivity index (χ2v) is 12.6. The van der Waals surface area contributed by atoms with Gasteiger partial charge in [0.1, 0.15) is 0 Å². The van der Waals surface area contributed by atoms with E-state index in [1.54, 1.807) is 24.3 Å². The van der Waals surface area contributed by atoms with Gasteiger partial charge in [0, 0.05) is 6.54 Å². The van der Waals surface area contributed by atoms with Crippen LogP contribution in [-0.4, -0.2) is 49.4 Å². The molecule has 2 amide bonds. The largest absolute Gasteiger partial charge is 0.414 e. The van der Waals surface area contributed by atoms with Crippen LogP contribution < -0.4 is 0 Å². The van der Waals surface area contributed by atoms with E-state index in [0.717, 1.165) is 0 Å². The number of hydrogen-bond donors (Lipinski definition) is 1. The lowest BCUT2D eigenvalue weighted by molar-refractivity contribution is 0.0571. The summed E-state index contributed by atoms with van der Waals surface area (Å²) in [6, 6.07) is 6.81. The summed E-state index contributed by atoms with van der Waals surface area (Å²) in [6.45, 7) is 11.1. The Bertz CT molecular complexity index is 601. The number of carbonyl (C=O) groups excluding carboxylic acids is 2. The highest BCUT2D eigenvalue weighted by Crippen LogP contribution is 2.36. The number of amides is 2. The highest BCUT2D eigenvalue weighted by molar-refractivity contribution is 6.74. The first kappa shape index (κ1) is 18.8. The summed E-state index contributed by atoms with van der Waals surface area (Å²) >= 11 is 0. The number of fused-ring (bicyclic) bond motifs is 1. The predicted molar refractivity (Wildman–Crippen MR) is 95.6 cm³/mol. The van der Waals surface area contributed by atoms with Crippen LogP contribution in [-0.2, 0) is 4.43 Å². The Morgan fingerprint density at radius 1 is 1.12 bits per heavy atom. The van der Waals surface area contributed by atoms with Crippen LogP contribution in [0.3, 0.4) is 0 Å². The minimum absolute atomic E-state index is 0.0786. The number of nitrogens with zero attached hydrogens (tertiary/aromatic N) is 1. The molecule has 0 aromatic heterocycles. The van der Waals surface area contributed by atoms with E-state index in [1.807, 2.05) is 0 Å². The molecule has 0 radical (unpaired) electrons. The van der Waals surface area contributed by atoms with Crippen LogP contribution in [0.25, 0.3) is 0 Å². The Morgan fingerprint density at radius 2 is 1.62 bits per heavy atom. The van der Waals surface area contributed by atoms with E-state index in [2.05, 4.69) is 33.9 Å². The summed E-state index contributed by atoms with van der Waals surface area (Å²) < 4.78 is 5.99. The van der Waals surface area contributed by atoms with Gasteiger partial charge in [0.2, 0.25) is 0 Å². The van der Waals surface area contributed by atoms with E-state index in [4.69, 9.17) is 4.43 Å². The van der Waals surface area contributed by atoms with Crippen molar-refractivity contribution in [1.82, 2.24) is 4.90 Å². The third-order valence-electron chi connectivity index (χ3n) is 5.01. The summed E-state index contributed by atoms with van der Waals surface area (Å²) in [4.78, 5) is 25.7. The Hall–Kier alpha value is -1.50. The molecule has 0 saturated heterocycles. The standard InChI is InChI=1S/C18H27NO4Si/c1-18(2,3)24(4,5)23-12-13(20)10-11-19-16(21)14-8-6-7-9-15(14)17(19)22/h6-9,13,20H,10-12H2,1-5H3. The molecular weight excluding hydrogens is 322 g/mol. The molecule has 1 aromatic carbocycles.